The zero-order valence-electron chi connectivity index (χ0n) is 13.0. The summed E-state index contributed by atoms with van der Waals surface area (Å²) in [6.45, 7) is 1.87. The molecule has 0 aliphatic carbocycles. The third-order valence-corrected chi connectivity index (χ3v) is 4.68. The Labute approximate surface area is 145 Å². The van der Waals surface area contributed by atoms with Gasteiger partial charge in [0, 0.05) is 16.5 Å². The van der Waals surface area contributed by atoms with Crippen molar-refractivity contribution >= 4 is 16.2 Å². The zero-order valence-corrected chi connectivity index (χ0v) is 13.9. The quantitative estimate of drug-likeness (QED) is 0.537. The van der Waals surface area contributed by atoms with E-state index < -0.39 is 0 Å². The molecule has 0 amide bonds. The normalized spacial score (nSPS) is 11.4. The topological polar surface area (TPSA) is 97.8 Å². The van der Waals surface area contributed by atoms with Crippen LogP contribution >= 0.6 is 11.3 Å². The molecule has 4 heterocycles. The van der Waals surface area contributed by atoms with Crippen LogP contribution in [0.25, 0.3) is 39.2 Å². The number of benzene rings is 1. The predicted molar refractivity (Wildman–Crippen MR) is 91.9 cm³/mol. The molecular formula is C16H11N7OS. The first-order valence-electron chi connectivity index (χ1n) is 7.51. The molecule has 1 aromatic carbocycles. The molecule has 25 heavy (non-hydrogen) atoms. The summed E-state index contributed by atoms with van der Waals surface area (Å²) in [5, 5.41) is 13.1. The van der Waals surface area contributed by atoms with Gasteiger partial charge < -0.3 is 4.52 Å². The third-order valence-electron chi connectivity index (χ3n) is 3.80. The van der Waals surface area contributed by atoms with Crippen molar-refractivity contribution in [3.8, 4) is 34.4 Å². The molecule has 122 valence electrons. The summed E-state index contributed by atoms with van der Waals surface area (Å²) in [5.74, 6) is 2.45. The highest BCUT2D eigenvalue weighted by molar-refractivity contribution is 7.15. The molecule has 0 unspecified atom stereocenters. The van der Waals surface area contributed by atoms with E-state index in [1.54, 1.807) is 23.9 Å². The van der Waals surface area contributed by atoms with Crippen LogP contribution in [0, 0.1) is 6.92 Å². The fourth-order valence-electron chi connectivity index (χ4n) is 2.56. The van der Waals surface area contributed by atoms with Crippen LogP contribution in [0.3, 0.4) is 0 Å². The van der Waals surface area contributed by atoms with E-state index in [4.69, 9.17) is 4.52 Å². The van der Waals surface area contributed by atoms with Gasteiger partial charge >= 0.3 is 0 Å². The second kappa shape index (κ2) is 5.35. The van der Waals surface area contributed by atoms with Gasteiger partial charge in [-0.2, -0.15) is 10.1 Å². The van der Waals surface area contributed by atoms with Crippen LogP contribution < -0.4 is 0 Å². The summed E-state index contributed by atoms with van der Waals surface area (Å²) < 4.78 is 7.35. The molecule has 5 aromatic rings. The lowest BCUT2D eigenvalue weighted by Gasteiger charge is -1.97. The molecule has 0 saturated carbocycles. The highest BCUT2D eigenvalue weighted by atomic mass is 32.1. The minimum atomic E-state index is 0.466. The molecule has 0 aliphatic rings. The number of hydrogen-bond donors (Lipinski definition) is 1. The van der Waals surface area contributed by atoms with Crippen LogP contribution in [0.15, 0.2) is 46.7 Å². The molecule has 8 nitrogen and oxygen atoms in total. The lowest BCUT2D eigenvalue weighted by molar-refractivity contribution is 0.430. The number of aryl methyl sites for hydroxylation is 1. The Morgan fingerprint density at radius 1 is 1.08 bits per heavy atom. The largest absolute Gasteiger partial charge is 0.332 e. The summed E-state index contributed by atoms with van der Waals surface area (Å²) in [4.78, 5) is 14.0. The molecule has 0 spiro atoms. The number of imidazole rings is 1. The molecule has 0 aliphatic heterocycles. The highest BCUT2D eigenvalue weighted by Crippen LogP contribution is 2.27. The number of nitrogens with zero attached hydrogens (tertiary/aromatic N) is 6. The van der Waals surface area contributed by atoms with Crippen molar-refractivity contribution in [1.82, 2.24) is 34.7 Å². The Balaban J connectivity index is 1.48. The van der Waals surface area contributed by atoms with Crippen molar-refractivity contribution in [2.24, 2.45) is 0 Å². The monoisotopic (exact) mass is 349 g/mol. The van der Waals surface area contributed by atoms with Gasteiger partial charge in [0.15, 0.2) is 5.82 Å². The van der Waals surface area contributed by atoms with Gasteiger partial charge in [0.1, 0.15) is 22.7 Å². The number of fused-ring (bicyclic) bond motifs is 1. The number of H-pyrrole nitrogens is 1. The maximum atomic E-state index is 5.43. The fourth-order valence-corrected chi connectivity index (χ4v) is 3.39. The van der Waals surface area contributed by atoms with Crippen molar-refractivity contribution in [3.63, 3.8) is 0 Å². The molecule has 1 N–H and O–H groups in total. The van der Waals surface area contributed by atoms with Crippen LogP contribution in [-0.4, -0.2) is 34.7 Å². The van der Waals surface area contributed by atoms with Gasteiger partial charge in [0.05, 0.1) is 6.20 Å². The fraction of sp³-hybridized carbons (Fsp3) is 0.0625. The third kappa shape index (κ3) is 2.32. The van der Waals surface area contributed by atoms with Gasteiger partial charge in [-0.15, -0.1) is 11.3 Å². The van der Waals surface area contributed by atoms with Gasteiger partial charge in [-0.05, 0) is 6.92 Å². The SMILES string of the molecule is Cc1nc(-c2ccc(-c3noc(-c4csc5cncn45)n3)cc2)n[nH]1. The van der Waals surface area contributed by atoms with E-state index in [-0.39, 0.29) is 0 Å². The van der Waals surface area contributed by atoms with Crippen molar-refractivity contribution in [1.29, 1.82) is 0 Å². The number of hydrogen-bond acceptors (Lipinski definition) is 7. The van der Waals surface area contributed by atoms with E-state index in [0.717, 1.165) is 27.5 Å². The minimum Gasteiger partial charge on any atom is -0.332 e. The smallest absolute Gasteiger partial charge is 0.276 e. The van der Waals surface area contributed by atoms with E-state index in [1.165, 1.54) is 0 Å². The lowest BCUT2D eigenvalue weighted by Crippen LogP contribution is -1.85. The van der Waals surface area contributed by atoms with Crippen LogP contribution in [0.4, 0.5) is 0 Å². The first-order valence-corrected chi connectivity index (χ1v) is 8.39. The van der Waals surface area contributed by atoms with Crippen LogP contribution in [0.2, 0.25) is 0 Å². The Kier molecular flexibility index (Phi) is 3.01. The number of rotatable bonds is 3. The van der Waals surface area contributed by atoms with E-state index in [0.29, 0.717) is 17.5 Å². The van der Waals surface area contributed by atoms with Crippen molar-refractivity contribution in [3.05, 3.63) is 48.0 Å². The van der Waals surface area contributed by atoms with E-state index >= 15 is 0 Å². The van der Waals surface area contributed by atoms with E-state index in [9.17, 15) is 0 Å². The summed E-state index contributed by atoms with van der Waals surface area (Å²) in [5.41, 5.74) is 2.63. The first-order chi connectivity index (χ1) is 12.3. The molecule has 0 saturated heterocycles. The second-order valence-electron chi connectivity index (χ2n) is 5.47. The van der Waals surface area contributed by atoms with E-state index in [1.807, 2.05) is 41.0 Å². The Morgan fingerprint density at radius 2 is 1.88 bits per heavy atom. The number of aromatic amines is 1. The van der Waals surface area contributed by atoms with Crippen molar-refractivity contribution in [2.45, 2.75) is 6.92 Å². The first kappa shape index (κ1) is 14.1. The van der Waals surface area contributed by atoms with Crippen LogP contribution in [0.5, 0.6) is 0 Å². The Hall–Kier alpha value is -3.33. The highest BCUT2D eigenvalue weighted by Gasteiger charge is 2.15. The Bertz CT molecular complexity index is 1160. The molecule has 0 fully saturated rings. The standard InChI is InChI=1S/C16H11N7OS/c1-9-18-14(21-20-9)10-2-4-11(5-3-10)15-19-16(24-22-15)12-7-25-13-6-17-8-23(12)13/h2-8H,1H3,(H,18,20,21). The summed E-state index contributed by atoms with van der Waals surface area (Å²) >= 11 is 1.58. The maximum absolute atomic E-state index is 5.43. The lowest BCUT2D eigenvalue weighted by atomic mass is 10.1. The van der Waals surface area contributed by atoms with Gasteiger partial charge in [0.25, 0.3) is 5.89 Å². The summed E-state index contributed by atoms with van der Waals surface area (Å²) in [6.07, 6.45) is 3.54. The zero-order chi connectivity index (χ0) is 16.8. The average Bonchev–Trinajstić information content (AvgIpc) is 3.39. The molecule has 9 heteroatoms. The Morgan fingerprint density at radius 3 is 2.64 bits per heavy atom. The second-order valence-corrected chi connectivity index (χ2v) is 6.36. The van der Waals surface area contributed by atoms with Crippen molar-refractivity contribution < 1.29 is 4.52 Å². The molecule has 5 rings (SSSR count). The minimum absolute atomic E-state index is 0.466. The molecule has 0 atom stereocenters. The van der Waals surface area contributed by atoms with Gasteiger partial charge in [0.2, 0.25) is 5.82 Å². The summed E-state index contributed by atoms with van der Waals surface area (Å²) in [7, 11) is 0. The number of aromatic nitrogens is 7. The molecule has 4 aromatic heterocycles. The number of thiazole rings is 1. The van der Waals surface area contributed by atoms with Gasteiger partial charge in [-0.3, -0.25) is 9.50 Å². The van der Waals surface area contributed by atoms with Gasteiger partial charge in [-0.1, -0.05) is 29.4 Å². The average molecular weight is 349 g/mol. The molecule has 0 bridgehead atoms. The maximum Gasteiger partial charge on any atom is 0.276 e. The van der Waals surface area contributed by atoms with Crippen LogP contribution in [0.1, 0.15) is 5.82 Å². The molecule has 0 radical (unpaired) electrons. The summed E-state index contributed by atoms with van der Waals surface area (Å²) in [6, 6.07) is 7.73. The van der Waals surface area contributed by atoms with Gasteiger partial charge in [-0.25, -0.2) is 9.97 Å². The van der Waals surface area contributed by atoms with Crippen LogP contribution in [-0.2, 0) is 0 Å². The predicted octanol–water partition coefficient (Wildman–Crippen LogP) is 3.21. The molecular weight excluding hydrogens is 338 g/mol. The number of nitrogens with one attached hydrogen (secondary N) is 1. The van der Waals surface area contributed by atoms with E-state index in [2.05, 4.69) is 30.3 Å². The van der Waals surface area contributed by atoms with Crippen molar-refractivity contribution in [2.75, 3.05) is 0 Å².